The van der Waals surface area contributed by atoms with Gasteiger partial charge in [0.2, 0.25) is 0 Å². The lowest BCUT2D eigenvalue weighted by molar-refractivity contribution is -0.120. The number of nitrogens with one attached hydrogen (secondary N) is 3. The van der Waals surface area contributed by atoms with E-state index in [0.29, 0.717) is 6.54 Å². The molecule has 0 aromatic carbocycles. The molecule has 0 spiro atoms. The molecule has 1 heterocycles. The quantitative estimate of drug-likeness (QED) is 0.480. The molecule has 1 atom stereocenters. The van der Waals surface area contributed by atoms with Crippen LogP contribution in [0.2, 0.25) is 0 Å². The van der Waals surface area contributed by atoms with E-state index in [1.54, 1.807) is 0 Å². The summed E-state index contributed by atoms with van der Waals surface area (Å²) in [5.74, 6) is -0.519. The van der Waals surface area contributed by atoms with E-state index in [1.165, 1.54) is 0 Å². The van der Waals surface area contributed by atoms with E-state index in [4.69, 9.17) is 5.73 Å². The number of hydrogen-bond acceptors (Lipinski definition) is 3. The minimum Gasteiger partial charge on any atom is -0.315 e. The summed E-state index contributed by atoms with van der Waals surface area (Å²) in [6.45, 7) is 2.38. The maximum atomic E-state index is 10.5. The van der Waals surface area contributed by atoms with Gasteiger partial charge in [0.25, 0.3) is 5.91 Å². The largest absolute Gasteiger partial charge is 0.315 e. The molecule has 0 aliphatic carbocycles. The van der Waals surface area contributed by atoms with Crippen molar-refractivity contribution in [3.8, 4) is 0 Å². The fourth-order valence-corrected chi connectivity index (χ4v) is 0.994. The predicted octanol–water partition coefficient (Wildman–Crippen LogP) is -1.25. The van der Waals surface area contributed by atoms with Gasteiger partial charge < -0.3 is 10.6 Å². The summed E-state index contributed by atoms with van der Waals surface area (Å²) in [6.07, 6.45) is 1.03. The van der Waals surface area contributed by atoms with Crippen LogP contribution >= 0.6 is 0 Å². The highest BCUT2D eigenvalue weighted by Gasteiger charge is 2.15. The summed E-state index contributed by atoms with van der Waals surface area (Å²) in [6, 6.07) is -0.289. The summed E-state index contributed by atoms with van der Waals surface area (Å²) in [4.78, 5) is 10.5. The van der Waals surface area contributed by atoms with Crippen molar-refractivity contribution in [3.63, 3.8) is 0 Å². The molecule has 1 aliphatic rings. The lowest BCUT2D eigenvalue weighted by atomic mass is 10.3. The number of rotatable bonds is 1. The van der Waals surface area contributed by atoms with Gasteiger partial charge in [-0.15, -0.1) is 0 Å². The molecule has 0 bridgehead atoms. The molecule has 57 valence electrons. The van der Waals surface area contributed by atoms with E-state index in [1.807, 2.05) is 0 Å². The summed E-state index contributed by atoms with van der Waals surface area (Å²) >= 11 is 0. The smallest absolute Gasteiger partial charge is 0.256 e. The van der Waals surface area contributed by atoms with Gasteiger partial charge in [0.05, 0.1) is 0 Å². The molecular formula is C6H12N3O. The Morgan fingerprint density at radius 1 is 1.50 bits per heavy atom. The first-order valence-corrected chi connectivity index (χ1v) is 3.50. The zero-order valence-electron chi connectivity index (χ0n) is 5.81. The fraction of sp³-hybridized carbons (Fsp3) is 0.833. The van der Waals surface area contributed by atoms with Gasteiger partial charge in [-0.3, -0.25) is 10.5 Å². The lowest BCUT2D eigenvalue weighted by Crippen LogP contribution is -2.42. The van der Waals surface area contributed by atoms with Gasteiger partial charge in [-0.05, 0) is 19.5 Å². The molecule has 1 amide bonds. The average Bonchev–Trinajstić information content (AvgIpc) is 2.12. The Hall–Kier alpha value is -0.610. The zero-order chi connectivity index (χ0) is 7.40. The van der Waals surface area contributed by atoms with Gasteiger partial charge in [0, 0.05) is 6.54 Å². The molecule has 0 aromatic heterocycles. The highest BCUT2D eigenvalue weighted by molar-refractivity contribution is 5.79. The molecule has 1 unspecified atom stereocenters. The highest BCUT2D eigenvalue weighted by atomic mass is 16.1. The third kappa shape index (κ3) is 1.97. The Morgan fingerprint density at radius 3 is 3.00 bits per heavy atom. The Morgan fingerprint density at radius 2 is 2.30 bits per heavy atom. The van der Waals surface area contributed by atoms with Crippen molar-refractivity contribution >= 4 is 5.91 Å². The fourth-order valence-electron chi connectivity index (χ4n) is 0.994. The third-order valence-electron chi connectivity index (χ3n) is 1.59. The van der Waals surface area contributed by atoms with E-state index >= 15 is 0 Å². The Bertz CT molecular complexity index is 118. The first kappa shape index (κ1) is 7.50. The Kier molecular flexibility index (Phi) is 2.65. The van der Waals surface area contributed by atoms with Crippen LogP contribution in [0.15, 0.2) is 0 Å². The molecule has 1 rings (SSSR count). The highest BCUT2D eigenvalue weighted by Crippen LogP contribution is 1.87. The van der Waals surface area contributed by atoms with Crippen LogP contribution in [0.5, 0.6) is 0 Å². The summed E-state index contributed by atoms with van der Waals surface area (Å²) < 4.78 is 0. The normalized spacial score (nSPS) is 27.4. The van der Waals surface area contributed by atoms with Gasteiger partial charge in [-0.2, -0.15) is 0 Å². The van der Waals surface area contributed by atoms with Crippen molar-refractivity contribution in [3.05, 3.63) is 0 Å². The number of amides is 1. The maximum Gasteiger partial charge on any atom is 0.256 e. The first-order chi connectivity index (χ1) is 4.80. The van der Waals surface area contributed by atoms with Gasteiger partial charge in [0.15, 0.2) is 0 Å². The standard InChI is InChI=1S/C6H12N3O/c7-6(10)5-4-8-2-1-3-9-5/h5,7-9H,1-4H2. The Balaban J connectivity index is 2.35. The molecule has 1 aliphatic heterocycles. The van der Waals surface area contributed by atoms with Gasteiger partial charge in [0.1, 0.15) is 6.04 Å². The van der Waals surface area contributed by atoms with Crippen LogP contribution in [0.4, 0.5) is 0 Å². The molecule has 4 heteroatoms. The van der Waals surface area contributed by atoms with Crippen molar-refractivity contribution < 1.29 is 4.79 Å². The average molecular weight is 142 g/mol. The van der Waals surface area contributed by atoms with Gasteiger partial charge in [-0.1, -0.05) is 0 Å². The summed E-state index contributed by atoms with van der Waals surface area (Å²) in [5.41, 5.74) is 6.83. The molecule has 10 heavy (non-hydrogen) atoms. The zero-order valence-corrected chi connectivity index (χ0v) is 5.81. The molecule has 4 nitrogen and oxygen atoms in total. The first-order valence-electron chi connectivity index (χ1n) is 3.50. The predicted molar refractivity (Wildman–Crippen MR) is 37.4 cm³/mol. The summed E-state index contributed by atoms with van der Waals surface area (Å²) in [5, 5.41) is 6.06. The van der Waals surface area contributed by atoms with Crippen LogP contribution in [0.1, 0.15) is 6.42 Å². The number of hydrogen-bond donors (Lipinski definition) is 2. The minimum atomic E-state index is -0.519. The van der Waals surface area contributed by atoms with Crippen LogP contribution < -0.4 is 16.4 Å². The Labute approximate surface area is 60.2 Å². The van der Waals surface area contributed by atoms with Crippen molar-refractivity contribution in [1.82, 2.24) is 16.4 Å². The van der Waals surface area contributed by atoms with Crippen molar-refractivity contribution in [2.45, 2.75) is 12.5 Å². The van der Waals surface area contributed by atoms with Crippen LogP contribution in [0, 0.1) is 0 Å². The van der Waals surface area contributed by atoms with Crippen molar-refractivity contribution in [2.24, 2.45) is 0 Å². The van der Waals surface area contributed by atoms with E-state index in [-0.39, 0.29) is 6.04 Å². The van der Waals surface area contributed by atoms with Gasteiger partial charge in [-0.25, -0.2) is 0 Å². The second-order valence-electron chi connectivity index (χ2n) is 2.43. The van der Waals surface area contributed by atoms with Gasteiger partial charge >= 0.3 is 0 Å². The van der Waals surface area contributed by atoms with Crippen molar-refractivity contribution in [2.75, 3.05) is 19.6 Å². The third-order valence-corrected chi connectivity index (χ3v) is 1.59. The van der Waals surface area contributed by atoms with E-state index in [0.717, 1.165) is 19.5 Å². The lowest BCUT2D eigenvalue weighted by Gasteiger charge is -2.09. The van der Waals surface area contributed by atoms with Crippen LogP contribution in [-0.2, 0) is 4.79 Å². The maximum absolute atomic E-state index is 10.5. The van der Waals surface area contributed by atoms with E-state index in [9.17, 15) is 4.79 Å². The molecule has 1 saturated heterocycles. The molecule has 1 fully saturated rings. The molecule has 0 aromatic rings. The topological polar surface area (TPSA) is 64.9 Å². The van der Waals surface area contributed by atoms with E-state index < -0.39 is 5.91 Å². The second kappa shape index (κ2) is 3.53. The molecule has 1 radical (unpaired) electrons. The van der Waals surface area contributed by atoms with Crippen LogP contribution in [-0.4, -0.2) is 31.6 Å². The minimum absolute atomic E-state index is 0.289. The second-order valence-corrected chi connectivity index (χ2v) is 2.43. The molecule has 3 N–H and O–H groups in total. The number of carbonyl (C=O) groups is 1. The van der Waals surface area contributed by atoms with Crippen LogP contribution in [0.3, 0.4) is 0 Å². The summed E-state index contributed by atoms with van der Waals surface area (Å²) in [7, 11) is 0. The number of carbonyl (C=O) groups excluding carboxylic acids is 1. The monoisotopic (exact) mass is 142 g/mol. The van der Waals surface area contributed by atoms with E-state index in [2.05, 4.69) is 10.6 Å². The molecular weight excluding hydrogens is 130 g/mol. The molecule has 0 saturated carbocycles. The van der Waals surface area contributed by atoms with Crippen LogP contribution in [0.25, 0.3) is 0 Å². The van der Waals surface area contributed by atoms with Crippen molar-refractivity contribution in [1.29, 1.82) is 0 Å². The SMILES string of the molecule is [NH]C(=O)C1CNCCCN1.